The SMILES string of the molecule is COc1ccccc1N1CCN(Cc2cc(I)c(O)c3ncccc23)CC1. The molecule has 3 aromatic rings. The van der Waals surface area contributed by atoms with Crippen LogP contribution in [0.5, 0.6) is 11.5 Å². The molecule has 0 saturated carbocycles. The van der Waals surface area contributed by atoms with Crippen LogP contribution >= 0.6 is 22.6 Å². The summed E-state index contributed by atoms with van der Waals surface area (Å²) >= 11 is 2.18. The van der Waals surface area contributed by atoms with Crippen molar-refractivity contribution in [3.8, 4) is 11.5 Å². The summed E-state index contributed by atoms with van der Waals surface area (Å²) in [7, 11) is 1.72. The number of anilines is 1. The van der Waals surface area contributed by atoms with Crippen molar-refractivity contribution in [3.63, 3.8) is 0 Å². The number of ether oxygens (including phenoxy) is 1. The first-order valence-corrected chi connectivity index (χ1v) is 10.1. The van der Waals surface area contributed by atoms with Gasteiger partial charge in [-0.25, -0.2) is 0 Å². The van der Waals surface area contributed by atoms with Crippen LogP contribution in [-0.2, 0) is 6.54 Å². The van der Waals surface area contributed by atoms with E-state index in [1.807, 2.05) is 24.3 Å². The van der Waals surface area contributed by atoms with Crippen LogP contribution in [0.25, 0.3) is 10.9 Å². The lowest BCUT2D eigenvalue weighted by Gasteiger charge is -2.36. The Morgan fingerprint density at radius 1 is 1.11 bits per heavy atom. The highest BCUT2D eigenvalue weighted by Gasteiger charge is 2.21. The molecule has 1 saturated heterocycles. The Bertz CT molecular complexity index is 955. The van der Waals surface area contributed by atoms with Crippen LogP contribution in [0.4, 0.5) is 5.69 Å². The molecule has 4 rings (SSSR count). The second-order valence-electron chi connectivity index (χ2n) is 6.70. The zero-order chi connectivity index (χ0) is 18.8. The van der Waals surface area contributed by atoms with E-state index in [1.165, 1.54) is 5.56 Å². The lowest BCUT2D eigenvalue weighted by atomic mass is 10.1. The Morgan fingerprint density at radius 3 is 2.67 bits per heavy atom. The van der Waals surface area contributed by atoms with Crippen molar-refractivity contribution >= 4 is 39.2 Å². The summed E-state index contributed by atoms with van der Waals surface area (Å²) in [5.41, 5.74) is 3.06. The van der Waals surface area contributed by atoms with Crippen LogP contribution in [0.15, 0.2) is 48.7 Å². The molecule has 6 heteroatoms. The largest absolute Gasteiger partial charge is 0.505 e. The van der Waals surface area contributed by atoms with Gasteiger partial charge in [-0.15, -0.1) is 0 Å². The van der Waals surface area contributed by atoms with E-state index >= 15 is 0 Å². The van der Waals surface area contributed by atoms with Crippen molar-refractivity contribution in [2.24, 2.45) is 0 Å². The molecule has 1 aliphatic rings. The van der Waals surface area contributed by atoms with Crippen LogP contribution in [0, 0.1) is 3.57 Å². The third-order valence-electron chi connectivity index (χ3n) is 5.10. The van der Waals surface area contributed by atoms with E-state index in [-0.39, 0.29) is 5.75 Å². The van der Waals surface area contributed by atoms with Crippen LogP contribution in [0.2, 0.25) is 0 Å². The number of hydrogen-bond donors (Lipinski definition) is 1. The van der Waals surface area contributed by atoms with E-state index in [1.54, 1.807) is 13.3 Å². The van der Waals surface area contributed by atoms with Gasteiger partial charge in [0.15, 0.2) is 5.75 Å². The number of para-hydroxylation sites is 2. The van der Waals surface area contributed by atoms with E-state index in [0.717, 1.165) is 53.1 Å². The molecule has 1 aliphatic heterocycles. The minimum absolute atomic E-state index is 0.274. The Balaban J connectivity index is 1.50. The molecule has 0 atom stereocenters. The molecule has 1 aromatic heterocycles. The molecule has 27 heavy (non-hydrogen) atoms. The number of fused-ring (bicyclic) bond motifs is 1. The monoisotopic (exact) mass is 475 g/mol. The topological polar surface area (TPSA) is 48.8 Å². The molecule has 1 fully saturated rings. The molecule has 0 bridgehead atoms. The maximum absolute atomic E-state index is 10.3. The molecule has 5 nitrogen and oxygen atoms in total. The first-order chi connectivity index (χ1) is 13.2. The number of hydrogen-bond acceptors (Lipinski definition) is 5. The molecule has 0 aliphatic carbocycles. The number of piperazine rings is 1. The average Bonchev–Trinajstić information content (AvgIpc) is 2.72. The molecular formula is C21H22IN3O2. The summed E-state index contributed by atoms with van der Waals surface area (Å²) in [6.07, 6.45) is 1.73. The van der Waals surface area contributed by atoms with Gasteiger partial charge < -0.3 is 14.7 Å². The normalized spacial score (nSPS) is 15.3. The number of rotatable bonds is 4. The van der Waals surface area contributed by atoms with Crippen LogP contribution in [0.3, 0.4) is 0 Å². The third-order valence-corrected chi connectivity index (χ3v) is 5.92. The van der Waals surface area contributed by atoms with Gasteiger partial charge in [0.2, 0.25) is 0 Å². The molecule has 140 valence electrons. The Kier molecular flexibility index (Phi) is 5.36. The van der Waals surface area contributed by atoms with Gasteiger partial charge in [-0.3, -0.25) is 9.88 Å². The summed E-state index contributed by atoms with van der Waals surface area (Å²) in [6, 6.07) is 14.2. The number of aromatic nitrogens is 1. The van der Waals surface area contributed by atoms with E-state index in [4.69, 9.17) is 4.74 Å². The maximum atomic E-state index is 10.3. The fourth-order valence-electron chi connectivity index (χ4n) is 3.67. The molecule has 1 N–H and O–H groups in total. The predicted octanol–water partition coefficient (Wildman–Crippen LogP) is 3.88. The number of nitrogens with zero attached hydrogens (tertiary/aromatic N) is 3. The summed E-state index contributed by atoms with van der Waals surface area (Å²) in [4.78, 5) is 9.21. The predicted molar refractivity (Wildman–Crippen MR) is 117 cm³/mol. The van der Waals surface area contributed by atoms with E-state index in [2.05, 4.69) is 55.6 Å². The van der Waals surface area contributed by atoms with Gasteiger partial charge in [-0.1, -0.05) is 18.2 Å². The summed E-state index contributed by atoms with van der Waals surface area (Å²) < 4.78 is 6.36. The van der Waals surface area contributed by atoms with Gasteiger partial charge >= 0.3 is 0 Å². The van der Waals surface area contributed by atoms with E-state index < -0.39 is 0 Å². The molecule has 2 aromatic carbocycles. The quantitative estimate of drug-likeness (QED) is 0.581. The highest BCUT2D eigenvalue weighted by molar-refractivity contribution is 14.1. The number of halogens is 1. The van der Waals surface area contributed by atoms with Crippen molar-refractivity contribution in [3.05, 3.63) is 57.8 Å². The van der Waals surface area contributed by atoms with Crippen molar-refractivity contribution in [2.75, 3.05) is 38.2 Å². The van der Waals surface area contributed by atoms with Crippen molar-refractivity contribution in [1.29, 1.82) is 0 Å². The van der Waals surface area contributed by atoms with Gasteiger partial charge in [0.1, 0.15) is 11.3 Å². The third kappa shape index (κ3) is 3.68. The zero-order valence-corrected chi connectivity index (χ0v) is 17.4. The van der Waals surface area contributed by atoms with Crippen molar-refractivity contribution < 1.29 is 9.84 Å². The van der Waals surface area contributed by atoms with Gasteiger partial charge in [-0.05, 0) is 52.4 Å². The van der Waals surface area contributed by atoms with Gasteiger partial charge in [0.05, 0.1) is 16.4 Å². The second-order valence-corrected chi connectivity index (χ2v) is 7.86. The van der Waals surface area contributed by atoms with Crippen molar-refractivity contribution in [2.45, 2.75) is 6.54 Å². The molecular weight excluding hydrogens is 453 g/mol. The Labute approximate surface area is 172 Å². The Morgan fingerprint density at radius 2 is 1.89 bits per heavy atom. The first kappa shape index (κ1) is 18.3. The molecule has 2 heterocycles. The lowest BCUT2D eigenvalue weighted by molar-refractivity contribution is 0.250. The minimum Gasteiger partial charge on any atom is -0.505 e. The van der Waals surface area contributed by atoms with Crippen molar-refractivity contribution in [1.82, 2.24) is 9.88 Å². The molecule has 0 spiro atoms. The van der Waals surface area contributed by atoms with Gasteiger partial charge in [0, 0.05) is 44.3 Å². The first-order valence-electron chi connectivity index (χ1n) is 9.03. The van der Waals surface area contributed by atoms with Crippen LogP contribution < -0.4 is 9.64 Å². The zero-order valence-electron chi connectivity index (χ0n) is 15.2. The fourth-order valence-corrected chi connectivity index (χ4v) is 4.31. The standard InChI is InChI=1S/C21H22IN3O2/c1-27-19-7-3-2-6-18(19)25-11-9-24(10-12-25)14-15-13-17(22)21(26)20-16(15)5-4-8-23-20/h2-8,13,26H,9-12,14H2,1H3. The van der Waals surface area contributed by atoms with Crippen LogP contribution in [-0.4, -0.2) is 48.3 Å². The number of phenols is 1. The molecule has 0 unspecified atom stereocenters. The molecule has 0 radical (unpaired) electrons. The number of benzene rings is 2. The number of pyridine rings is 1. The maximum Gasteiger partial charge on any atom is 0.155 e. The number of aromatic hydroxyl groups is 1. The second kappa shape index (κ2) is 7.90. The fraction of sp³-hybridized carbons (Fsp3) is 0.286. The summed E-state index contributed by atoms with van der Waals surface area (Å²) in [5.74, 6) is 1.20. The van der Waals surface area contributed by atoms with Gasteiger partial charge in [-0.2, -0.15) is 0 Å². The highest BCUT2D eigenvalue weighted by atomic mass is 127. The van der Waals surface area contributed by atoms with E-state index in [0.29, 0.717) is 5.52 Å². The lowest BCUT2D eigenvalue weighted by Crippen LogP contribution is -2.46. The smallest absolute Gasteiger partial charge is 0.155 e. The summed E-state index contributed by atoms with van der Waals surface area (Å²) in [5, 5.41) is 11.3. The van der Waals surface area contributed by atoms with Crippen LogP contribution in [0.1, 0.15) is 5.56 Å². The molecule has 0 amide bonds. The minimum atomic E-state index is 0.274. The van der Waals surface area contributed by atoms with E-state index in [9.17, 15) is 5.11 Å². The average molecular weight is 475 g/mol. The highest BCUT2D eigenvalue weighted by Crippen LogP contribution is 2.32. The summed E-state index contributed by atoms with van der Waals surface area (Å²) in [6.45, 7) is 4.75. The Hall–Kier alpha value is -2.06. The number of methoxy groups -OCH3 is 1. The number of phenolic OH excluding ortho intramolecular Hbond substituents is 1. The van der Waals surface area contributed by atoms with Gasteiger partial charge in [0.25, 0.3) is 0 Å².